The summed E-state index contributed by atoms with van der Waals surface area (Å²) in [7, 11) is 1.61. The van der Waals surface area contributed by atoms with Crippen molar-refractivity contribution in [2.45, 2.75) is 12.8 Å². The van der Waals surface area contributed by atoms with Crippen LogP contribution in [0.2, 0.25) is 0 Å². The number of carbonyl (C=O) groups is 2. The molecule has 0 radical (unpaired) electrons. The molecule has 2 amide bonds. The number of para-hydroxylation sites is 1. The predicted molar refractivity (Wildman–Crippen MR) is 91.9 cm³/mol. The summed E-state index contributed by atoms with van der Waals surface area (Å²) in [4.78, 5) is 30.2. The van der Waals surface area contributed by atoms with Crippen LogP contribution >= 0.6 is 11.3 Å². The van der Waals surface area contributed by atoms with E-state index in [0.29, 0.717) is 18.8 Å². The van der Waals surface area contributed by atoms with Crippen molar-refractivity contribution >= 4 is 23.2 Å². The van der Waals surface area contributed by atoms with E-state index in [1.165, 1.54) is 11.3 Å². The maximum absolute atomic E-state index is 12.7. The van der Waals surface area contributed by atoms with Crippen LogP contribution in [-0.4, -0.2) is 41.9 Å². The van der Waals surface area contributed by atoms with Crippen molar-refractivity contribution in [3.63, 3.8) is 0 Å². The smallest absolute Gasteiger partial charge is 0.273 e. The highest BCUT2D eigenvalue weighted by Gasteiger charge is 2.28. The van der Waals surface area contributed by atoms with E-state index in [1.54, 1.807) is 17.4 Å². The van der Waals surface area contributed by atoms with Crippen molar-refractivity contribution in [1.82, 2.24) is 9.88 Å². The average Bonchev–Trinajstić information content (AvgIpc) is 3.11. The van der Waals surface area contributed by atoms with E-state index in [4.69, 9.17) is 10.5 Å². The number of hydrogen-bond donors (Lipinski definition) is 1. The van der Waals surface area contributed by atoms with Gasteiger partial charge in [0.1, 0.15) is 16.5 Å². The first-order valence-electron chi connectivity index (χ1n) is 7.77. The Balaban J connectivity index is 1.80. The molecule has 6 nitrogen and oxygen atoms in total. The molecule has 1 atom stereocenters. The number of nitrogens with zero attached hydrogens (tertiary/aromatic N) is 2. The molecule has 3 rings (SSSR count). The number of nitrogens with two attached hydrogens (primary N) is 1. The number of methoxy groups -OCH3 is 1. The van der Waals surface area contributed by atoms with Gasteiger partial charge in [-0.05, 0) is 25.0 Å². The molecule has 2 heterocycles. The van der Waals surface area contributed by atoms with E-state index in [-0.39, 0.29) is 17.7 Å². The molecule has 2 N–H and O–H groups in total. The molecule has 1 aliphatic heterocycles. The van der Waals surface area contributed by atoms with Crippen LogP contribution in [0, 0.1) is 5.92 Å². The summed E-state index contributed by atoms with van der Waals surface area (Å²) in [5, 5.41) is 2.48. The zero-order valence-electron chi connectivity index (χ0n) is 13.4. The number of aromatic nitrogens is 1. The number of carbonyl (C=O) groups excluding carboxylic acids is 2. The van der Waals surface area contributed by atoms with Gasteiger partial charge in [-0.25, -0.2) is 4.98 Å². The van der Waals surface area contributed by atoms with Crippen molar-refractivity contribution in [1.29, 1.82) is 0 Å². The van der Waals surface area contributed by atoms with E-state index in [9.17, 15) is 9.59 Å². The predicted octanol–water partition coefficient (Wildman–Crippen LogP) is 2.16. The summed E-state index contributed by atoms with van der Waals surface area (Å²) in [6, 6.07) is 7.57. The van der Waals surface area contributed by atoms with Gasteiger partial charge in [-0.1, -0.05) is 12.1 Å². The number of piperidine rings is 1. The van der Waals surface area contributed by atoms with Gasteiger partial charge in [-0.2, -0.15) is 0 Å². The minimum Gasteiger partial charge on any atom is -0.496 e. The van der Waals surface area contributed by atoms with Crippen molar-refractivity contribution < 1.29 is 14.3 Å². The number of primary amides is 1. The lowest BCUT2D eigenvalue weighted by molar-refractivity contribution is -0.123. The summed E-state index contributed by atoms with van der Waals surface area (Å²) in [5.41, 5.74) is 6.63. The van der Waals surface area contributed by atoms with Gasteiger partial charge >= 0.3 is 0 Å². The SMILES string of the molecule is COc1ccccc1-c1nc(C(=O)N2CCCC(C(N)=O)C2)cs1. The molecule has 24 heavy (non-hydrogen) atoms. The van der Waals surface area contributed by atoms with Crippen LogP contribution in [0.15, 0.2) is 29.6 Å². The van der Waals surface area contributed by atoms with E-state index in [1.807, 2.05) is 24.3 Å². The Bertz CT molecular complexity index is 759. The van der Waals surface area contributed by atoms with Crippen LogP contribution in [0.3, 0.4) is 0 Å². The third kappa shape index (κ3) is 3.26. The molecule has 0 spiro atoms. The van der Waals surface area contributed by atoms with Gasteiger partial charge in [0.15, 0.2) is 0 Å². The lowest BCUT2D eigenvalue weighted by Gasteiger charge is -2.30. The van der Waals surface area contributed by atoms with E-state index in [0.717, 1.165) is 29.2 Å². The second kappa shape index (κ2) is 7.00. The van der Waals surface area contributed by atoms with E-state index < -0.39 is 0 Å². The molecular formula is C17H19N3O3S. The first-order chi connectivity index (χ1) is 11.6. The Morgan fingerprint density at radius 1 is 1.38 bits per heavy atom. The first kappa shape index (κ1) is 16.4. The molecule has 1 aliphatic rings. The van der Waals surface area contributed by atoms with Crippen molar-refractivity contribution in [3.05, 3.63) is 35.3 Å². The summed E-state index contributed by atoms with van der Waals surface area (Å²) in [5.74, 6) is -0.0496. The van der Waals surface area contributed by atoms with Crippen LogP contribution in [0.1, 0.15) is 23.3 Å². The Labute approximate surface area is 144 Å². The van der Waals surface area contributed by atoms with Crippen LogP contribution in [0.25, 0.3) is 10.6 Å². The number of benzene rings is 1. The molecule has 7 heteroatoms. The number of amides is 2. The standard InChI is InChI=1S/C17H19N3O3S/c1-23-14-7-3-2-6-12(14)16-19-13(10-24-16)17(22)20-8-4-5-11(9-20)15(18)21/h2-3,6-7,10-11H,4-5,8-9H2,1H3,(H2,18,21). The Morgan fingerprint density at radius 3 is 2.92 bits per heavy atom. The summed E-state index contributed by atoms with van der Waals surface area (Å²) in [6.45, 7) is 1.000. The molecule has 0 aliphatic carbocycles. The van der Waals surface area contributed by atoms with Gasteiger partial charge in [0.25, 0.3) is 5.91 Å². The molecule has 0 bridgehead atoms. The number of thiazole rings is 1. The Morgan fingerprint density at radius 2 is 2.17 bits per heavy atom. The molecule has 126 valence electrons. The highest BCUT2D eigenvalue weighted by molar-refractivity contribution is 7.13. The quantitative estimate of drug-likeness (QED) is 0.920. The van der Waals surface area contributed by atoms with Gasteiger partial charge in [0.05, 0.1) is 18.6 Å². The highest BCUT2D eigenvalue weighted by atomic mass is 32.1. The minimum atomic E-state index is -0.347. The molecule has 0 saturated carbocycles. The Kier molecular flexibility index (Phi) is 4.80. The lowest BCUT2D eigenvalue weighted by Crippen LogP contribution is -2.44. The number of hydrogen-bond acceptors (Lipinski definition) is 5. The Hall–Kier alpha value is -2.41. The largest absolute Gasteiger partial charge is 0.496 e. The summed E-state index contributed by atoms with van der Waals surface area (Å²) < 4.78 is 5.35. The minimum absolute atomic E-state index is 0.154. The molecule has 1 fully saturated rings. The third-order valence-corrected chi connectivity index (χ3v) is 5.05. The highest BCUT2D eigenvalue weighted by Crippen LogP contribution is 2.32. The zero-order chi connectivity index (χ0) is 17.1. The van der Waals surface area contributed by atoms with Crippen LogP contribution in [-0.2, 0) is 4.79 Å². The lowest BCUT2D eigenvalue weighted by atomic mass is 9.97. The van der Waals surface area contributed by atoms with Crippen LogP contribution < -0.4 is 10.5 Å². The number of likely N-dealkylation sites (tertiary alicyclic amines) is 1. The van der Waals surface area contributed by atoms with Crippen LogP contribution in [0.4, 0.5) is 0 Å². The number of rotatable bonds is 4. The first-order valence-corrected chi connectivity index (χ1v) is 8.65. The zero-order valence-corrected chi connectivity index (χ0v) is 14.2. The average molecular weight is 345 g/mol. The second-order valence-electron chi connectivity index (χ2n) is 5.73. The van der Waals surface area contributed by atoms with E-state index >= 15 is 0 Å². The van der Waals surface area contributed by atoms with E-state index in [2.05, 4.69) is 4.98 Å². The van der Waals surface area contributed by atoms with Crippen LogP contribution in [0.5, 0.6) is 5.75 Å². The number of ether oxygens (including phenoxy) is 1. The van der Waals surface area contributed by atoms with Gasteiger partial charge in [-0.15, -0.1) is 11.3 Å². The molecular weight excluding hydrogens is 326 g/mol. The molecule has 1 unspecified atom stereocenters. The summed E-state index contributed by atoms with van der Waals surface area (Å²) >= 11 is 1.40. The normalized spacial score (nSPS) is 17.5. The maximum atomic E-state index is 12.7. The molecule has 1 aromatic heterocycles. The van der Waals surface area contributed by atoms with Gasteiger partial charge in [0.2, 0.25) is 5.91 Å². The second-order valence-corrected chi connectivity index (χ2v) is 6.59. The fourth-order valence-electron chi connectivity index (χ4n) is 2.87. The van der Waals surface area contributed by atoms with Crippen molar-refractivity contribution in [3.8, 4) is 16.3 Å². The van der Waals surface area contributed by atoms with Gasteiger partial charge < -0.3 is 15.4 Å². The fourth-order valence-corrected chi connectivity index (χ4v) is 3.70. The van der Waals surface area contributed by atoms with Gasteiger partial charge in [0, 0.05) is 18.5 Å². The van der Waals surface area contributed by atoms with Crippen molar-refractivity contribution in [2.75, 3.05) is 20.2 Å². The molecule has 1 aromatic carbocycles. The topological polar surface area (TPSA) is 85.5 Å². The monoisotopic (exact) mass is 345 g/mol. The van der Waals surface area contributed by atoms with Crippen molar-refractivity contribution in [2.24, 2.45) is 11.7 Å². The molecule has 1 saturated heterocycles. The summed E-state index contributed by atoms with van der Waals surface area (Å²) in [6.07, 6.45) is 1.52. The third-order valence-electron chi connectivity index (χ3n) is 4.17. The fraction of sp³-hybridized carbons (Fsp3) is 0.353. The molecule has 2 aromatic rings. The maximum Gasteiger partial charge on any atom is 0.273 e. The van der Waals surface area contributed by atoms with Gasteiger partial charge in [-0.3, -0.25) is 9.59 Å².